The Labute approximate surface area is 122 Å². The molecule has 0 amide bonds. The van der Waals surface area contributed by atoms with Gasteiger partial charge < -0.3 is 18.9 Å². The molecule has 114 valence electrons. The molecule has 2 rings (SSSR count). The van der Waals surface area contributed by atoms with E-state index in [2.05, 4.69) is 5.10 Å². The molecule has 0 spiro atoms. The third-order valence-electron chi connectivity index (χ3n) is 3.20. The topological polar surface area (TPSA) is 71.8 Å². The van der Waals surface area contributed by atoms with Gasteiger partial charge in [0, 0.05) is 19.6 Å². The Kier molecular flexibility index (Phi) is 4.77. The minimum Gasteiger partial charge on any atom is -0.497 e. The first-order valence-electron chi connectivity index (χ1n) is 6.32. The molecule has 0 saturated carbocycles. The zero-order valence-corrected chi connectivity index (χ0v) is 12.5. The lowest BCUT2D eigenvalue weighted by Crippen LogP contribution is -2.21. The van der Waals surface area contributed by atoms with Gasteiger partial charge in [0.1, 0.15) is 5.75 Å². The summed E-state index contributed by atoms with van der Waals surface area (Å²) in [7, 11) is 5.97. The van der Waals surface area contributed by atoms with Crippen molar-refractivity contribution >= 4 is 16.9 Å². The summed E-state index contributed by atoms with van der Waals surface area (Å²) < 4.78 is 22.0. The molecule has 0 aliphatic carbocycles. The number of aromatic nitrogens is 2. The van der Waals surface area contributed by atoms with E-state index in [1.165, 1.54) is 7.11 Å². The molecule has 0 radical (unpaired) electrons. The number of esters is 1. The molecule has 2 aromatic rings. The second-order valence-corrected chi connectivity index (χ2v) is 4.33. The van der Waals surface area contributed by atoms with E-state index in [0.717, 1.165) is 5.39 Å². The number of methoxy groups -OCH3 is 4. The molecule has 0 N–H and O–H groups in total. The Morgan fingerprint density at radius 1 is 1.24 bits per heavy atom. The summed E-state index contributed by atoms with van der Waals surface area (Å²) >= 11 is 0. The molecule has 0 bridgehead atoms. The molecule has 7 heteroatoms. The fourth-order valence-electron chi connectivity index (χ4n) is 2.11. The number of fused-ring (bicyclic) bond motifs is 1. The summed E-state index contributed by atoms with van der Waals surface area (Å²) in [6.45, 7) is 0.354. The molecule has 1 aromatic heterocycles. The summed E-state index contributed by atoms with van der Waals surface area (Å²) in [5, 5.41) is 5.06. The number of hydrogen-bond donors (Lipinski definition) is 0. The fourth-order valence-corrected chi connectivity index (χ4v) is 2.11. The predicted molar refractivity (Wildman–Crippen MR) is 75.4 cm³/mol. The van der Waals surface area contributed by atoms with Crippen LogP contribution in [0.3, 0.4) is 0 Å². The van der Waals surface area contributed by atoms with Crippen LogP contribution in [-0.2, 0) is 20.8 Å². The quantitative estimate of drug-likeness (QED) is 0.593. The Morgan fingerprint density at radius 2 is 1.95 bits per heavy atom. The number of carbonyl (C=O) groups excluding carboxylic acids is 1. The van der Waals surface area contributed by atoms with Gasteiger partial charge in [-0.25, -0.2) is 4.79 Å². The van der Waals surface area contributed by atoms with Crippen LogP contribution in [0.4, 0.5) is 0 Å². The first-order chi connectivity index (χ1) is 10.1. The molecule has 21 heavy (non-hydrogen) atoms. The van der Waals surface area contributed by atoms with Crippen LogP contribution in [0.1, 0.15) is 10.4 Å². The van der Waals surface area contributed by atoms with Gasteiger partial charge >= 0.3 is 5.97 Å². The fraction of sp³-hybridized carbons (Fsp3) is 0.429. The Bertz CT molecular complexity index is 634. The highest BCUT2D eigenvalue weighted by Gasteiger charge is 2.19. The monoisotopic (exact) mass is 294 g/mol. The van der Waals surface area contributed by atoms with Crippen molar-refractivity contribution in [1.29, 1.82) is 0 Å². The lowest BCUT2D eigenvalue weighted by molar-refractivity contribution is -0.111. The summed E-state index contributed by atoms with van der Waals surface area (Å²) in [6, 6.07) is 3.43. The second-order valence-electron chi connectivity index (χ2n) is 4.33. The highest BCUT2D eigenvalue weighted by molar-refractivity contribution is 6.03. The van der Waals surface area contributed by atoms with Crippen LogP contribution in [0.5, 0.6) is 5.75 Å². The number of rotatable bonds is 6. The Morgan fingerprint density at radius 3 is 2.52 bits per heavy atom. The van der Waals surface area contributed by atoms with Crippen molar-refractivity contribution < 1.29 is 23.7 Å². The van der Waals surface area contributed by atoms with Gasteiger partial charge in [0.2, 0.25) is 0 Å². The molecule has 0 fully saturated rings. The predicted octanol–water partition coefficient (Wildman–Crippen LogP) is 1.45. The third-order valence-corrected chi connectivity index (χ3v) is 3.20. The molecular weight excluding hydrogens is 276 g/mol. The van der Waals surface area contributed by atoms with E-state index in [1.54, 1.807) is 44.3 Å². The summed E-state index contributed by atoms with van der Waals surface area (Å²) in [4.78, 5) is 12.0. The number of nitrogens with zero attached hydrogens (tertiary/aromatic N) is 2. The summed E-state index contributed by atoms with van der Waals surface area (Å²) in [5.74, 6) is 0.115. The molecule has 0 unspecified atom stereocenters. The van der Waals surface area contributed by atoms with E-state index in [-0.39, 0.29) is 0 Å². The van der Waals surface area contributed by atoms with E-state index in [9.17, 15) is 4.79 Å². The number of hydrogen-bond acceptors (Lipinski definition) is 6. The standard InChI is InChI=1S/C14H18N2O5/c1-18-10-5-9-7-15-16(8-12(19-2)20-3)13(9)11(6-10)14(17)21-4/h5-7,12H,8H2,1-4H3. The first kappa shape index (κ1) is 15.3. The molecule has 1 heterocycles. The minimum atomic E-state index is -0.458. The van der Waals surface area contributed by atoms with Gasteiger partial charge in [0.15, 0.2) is 6.29 Å². The van der Waals surface area contributed by atoms with Crippen molar-refractivity contribution in [3.8, 4) is 5.75 Å². The maximum atomic E-state index is 12.0. The Hall–Kier alpha value is -2.12. The van der Waals surface area contributed by atoms with E-state index in [4.69, 9.17) is 18.9 Å². The summed E-state index contributed by atoms with van der Waals surface area (Å²) in [6.07, 6.45) is 1.20. The maximum Gasteiger partial charge on any atom is 0.340 e. The number of carbonyl (C=O) groups is 1. The highest BCUT2D eigenvalue weighted by Crippen LogP contribution is 2.26. The lowest BCUT2D eigenvalue weighted by atomic mass is 10.1. The van der Waals surface area contributed by atoms with Gasteiger partial charge in [-0.3, -0.25) is 4.68 Å². The molecule has 0 atom stereocenters. The zero-order chi connectivity index (χ0) is 15.4. The average Bonchev–Trinajstić information content (AvgIpc) is 2.93. The van der Waals surface area contributed by atoms with E-state index >= 15 is 0 Å². The van der Waals surface area contributed by atoms with Crippen molar-refractivity contribution in [3.05, 3.63) is 23.9 Å². The maximum absolute atomic E-state index is 12.0. The first-order valence-corrected chi connectivity index (χ1v) is 6.32. The van der Waals surface area contributed by atoms with E-state index in [1.807, 2.05) is 0 Å². The van der Waals surface area contributed by atoms with Crippen molar-refractivity contribution in [2.24, 2.45) is 0 Å². The van der Waals surface area contributed by atoms with Gasteiger partial charge in [0.25, 0.3) is 0 Å². The summed E-state index contributed by atoms with van der Waals surface area (Å²) in [5.41, 5.74) is 1.04. The SMILES string of the molecule is COC(=O)c1cc(OC)cc2cnn(CC(OC)OC)c12. The van der Waals surface area contributed by atoms with Crippen LogP contribution in [-0.4, -0.2) is 50.5 Å². The van der Waals surface area contributed by atoms with Crippen LogP contribution in [0.2, 0.25) is 0 Å². The highest BCUT2D eigenvalue weighted by atomic mass is 16.7. The van der Waals surface area contributed by atoms with Gasteiger partial charge in [-0.2, -0.15) is 5.10 Å². The van der Waals surface area contributed by atoms with E-state index in [0.29, 0.717) is 23.4 Å². The molecule has 0 aliphatic rings. The molecule has 0 saturated heterocycles. The van der Waals surface area contributed by atoms with Crippen LogP contribution < -0.4 is 4.74 Å². The molecular formula is C14H18N2O5. The van der Waals surface area contributed by atoms with Crippen molar-refractivity contribution in [1.82, 2.24) is 9.78 Å². The molecule has 1 aromatic carbocycles. The average molecular weight is 294 g/mol. The smallest absolute Gasteiger partial charge is 0.340 e. The minimum absolute atomic E-state index is 0.354. The van der Waals surface area contributed by atoms with E-state index < -0.39 is 12.3 Å². The van der Waals surface area contributed by atoms with Crippen molar-refractivity contribution in [3.63, 3.8) is 0 Å². The normalized spacial score (nSPS) is 11.1. The van der Waals surface area contributed by atoms with Gasteiger partial charge in [-0.15, -0.1) is 0 Å². The number of benzene rings is 1. The number of ether oxygens (including phenoxy) is 4. The zero-order valence-electron chi connectivity index (χ0n) is 12.5. The van der Waals surface area contributed by atoms with Crippen LogP contribution in [0.25, 0.3) is 10.9 Å². The second kappa shape index (κ2) is 6.55. The van der Waals surface area contributed by atoms with Gasteiger partial charge in [-0.05, 0) is 12.1 Å². The van der Waals surface area contributed by atoms with Crippen molar-refractivity contribution in [2.75, 3.05) is 28.4 Å². The largest absolute Gasteiger partial charge is 0.497 e. The Balaban J connectivity index is 2.55. The van der Waals surface area contributed by atoms with Gasteiger partial charge in [0.05, 0.1) is 38.0 Å². The third kappa shape index (κ3) is 2.98. The van der Waals surface area contributed by atoms with Crippen molar-refractivity contribution in [2.45, 2.75) is 12.8 Å². The van der Waals surface area contributed by atoms with Crippen LogP contribution in [0.15, 0.2) is 18.3 Å². The molecule has 0 aliphatic heterocycles. The van der Waals surface area contributed by atoms with Crippen LogP contribution in [0, 0.1) is 0 Å². The van der Waals surface area contributed by atoms with Crippen LogP contribution >= 0.6 is 0 Å². The van der Waals surface area contributed by atoms with Gasteiger partial charge in [-0.1, -0.05) is 0 Å². The molecule has 7 nitrogen and oxygen atoms in total. The lowest BCUT2D eigenvalue weighted by Gasteiger charge is -2.15.